The second kappa shape index (κ2) is 7.33. The zero-order valence-corrected chi connectivity index (χ0v) is 11.3. The van der Waals surface area contributed by atoms with Gasteiger partial charge >= 0.3 is 0 Å². The highest BCUT2D eigenvalue weighted by Crippen LogP contribution is 2.26. The fourth-order valence-electron chi connectivity index (χ4n) is 2.06. The molecule has 0 amide bonds. The van der Waals surface area contributed by atoms with Crippen LogP contribution in [-0.2, 0) is 0 Å². The molecule has 0 aliphatic rings. The van der Waals surface area contributed by atoms with Crippen molar-refractivity contribution in [2.75, 3.05) is 6.54 Å². The van der Waals surface area contributed by atoms with Crippen LogP contribution in [0.3, 0.4) is 0 Å². The van der Waals surface area contributed by atoms with Gasteiger partial charge in [0.25, 0.3) is 0 Å². The van der Waals surface area contributed by atoms with Crippen LogP contribution in [0.2, 0.25) is 0 Å². The summed E-state index contributed by atoms with van der Waals surface area (Å²) in [5.74, 6) is 1.59. The van der Waals surface area contributed by atoms with Crippen LogP contribution >= 0.6 is 0 Å². The molecule has 0 saturated heterocycles. The molecule has 0 spiro atoms. The molecule has 0 bridgehead atoms. The smallest absolute Gasteiger partial charge is 0.119 e. The molecule has 2 N–H and O–H groups in total. The standard InChI is InChI=1S/C15H25NO/c1-4-13(6-5-11-16)14-7-9-15(10-8-14)17-12(2)3/h7-10,12-13H,4-6,11,16H2,1-3H3. The first-order valence-corrected chi connectivity index (χ1v) is 6.64. The lowest BCUT2D eigenvalue weighted by molar-refractivity contribution is 0.242. The van der Waals surface area contributed by atoms with Crippen molar-refractivity contribution in [3.05, 3.63) is 29.8 Å². The molecule has 0 aliphatic carbocycles. The number of hydrogen-bond donors (Lipinski definition) is 1. The van der Waals surface area contributed by atoms with Crippen LogP contribution in [0, 0.1) is 0 Å². The minimum Gasteiger partial charge on any atom is -0.491 e. The summed E-state index contributed by atoms with van der Waals surface area (Å²) < 4.78 is 5.64. The van der Waals surface area contributed by atoms with Crippen molar-refractivity contribution in [1.82, 2.24) is 0 Å². The molecule has 1 rings (SSSR count). The summed E-state index contributed by atoms with van der Waals surface area (Å²) in [5, 5.41) is 0. The molecule has 1 aromatic rings. The first-order chi connectivity index (χ1) is 8.17. The monoisotopic (exact) mass is 235 g/mol. The minimum atomic E-state index is 0.236. The first kappa shape index (κ1) is 14.0. The van der Waals surface area contributed by atoms with Crippen LogP contribution in [0.25, 0.3) is 0 Å². The molecule has 0 aliphatic heterocycles. The Bertz CT molecular complexity index is 305. The summed E-state index contributed by atoms with van der Waals surface area (Å²) in [4.78, 5) is 0. The highest BCUT2D eigenvalue weighted by atomic mass is 16.5. The molecule has 0 fully saturated rings. The second-order valence-corrected chi connectivity index (χ2v) is 4.77. The van der Waals surface area contributed by atoms with Crippen molar-refractivity contribution < 1.29 is 4.74 Å². The van der Waals surface area contributed by atoms with E-state index >= 15 is 0 Å². The summed E-state index contributed by atoms with van der Waals surface area (Å²) in [5.41, 5.74) is 6.97. The fourth-order valence-corrected chi connectivity index (χ4v) is 2.06. The van der Waals surface area contributed by atoms with E-state index in [1.165, 1.54) is 18.4 Å². The second-order valence-electron chi connectivity index (χ2n) is 4.77. The van der Waals surface area contributed by atoms with Gasteiger partial charge in [0.2, 0.25) is 0 Å². The van der Waals surface area contributed by atoms with Gasteiger partial charge in [-0.05, 0) is 63.3 Å². The average Bonchev–Trinajstić information content (AvgIpc) is 2.31. The number of benzene rings is 1. The Kier molecular flexibility index (Phi) is 6.06. The highest BCUT2D eigenvalue weighted by Gasteiger charge is 2.08. The SMILES string of the molecule is CCC(CCCN)c1ccc(OC(C)C)cc1. The van der Waals surface area contributed by atoms with Gasteiger partial charge in [0.05, 0.1) is 6.10 Å². The largest absolute Gasteiger partial charge is 0.491 e. The van der Waals surface area contributed by atoms with Crippen LogP contribution < -0.4 is 10.5 Å². The van der Waals surface area contributed by atoms with Crippen LogP contribution in [0.1, 0.15) is 51.5 Å². The molecule has 2 nitrogen and oxygen atoms in total. The Hall–Kier alpha value is -1.02. The number of ether oxygens (including phenoxy) is 1. The maximum Gasteiger partial charge on any atom is 0.119 e. The van der Waals surface area contributed by atoms with E-state index in [0.29, 0.717) is 5.92 Å². The maximum absolute atomic E-state index is 5.64. The number of hydrogen-bond acceptors (Lipinski definition) is 2. The molecule has 96 valence electrons. The summed E-state index contributed by atoms with van der Waals surface area (Å²) >= 11 is 0. The molecule has 1 atom stereocenters. The van der Waals surface area contributed by atoms with Crippen molar-refractivity contribution in [3.63, 3.8) is 0 Å². The van der Waals surface area contributed by atoms with Crippen molar-refractivity contribution in [3.8, 4) is 5.75 Å². The van der Waals surface area contributed by atoms with Gasteiger partial charge < -0.3 is 10.5 Å². The minimum absolute atomic E-state index is 0.236. The van der Waals surface area contributed by atoms with E-state index in [9.17, 15) is 0 Å². The lowest BCUT2D eigenvalue weighted by atomic mass is 9.92. The third-order valence-corrected chi connectivity index (χ3v) is 2.97. The third-order valence-electron chi connectivity index (χ3n) is 2.97. The van der Waals surface area contributed by atoms with E-state index in [2.05, 4.69) is 31.2 Å². The van der Waals surface area contributed by atoms with E-state index in [0.717, 1.165) is 18.7 Å². The Morgan fingerprint density at radius 2 is 1.82 bits per heavy atom. The molecular formula is C15H25NO. The molecule has 1 unspecified atom stereocenters. The van der Waals surface area contributed by atoms with Crippen LogP contribution in [0.5, 0.6) is 5.75 Å². The summed E-state index contributed by atoms with van der Waals surface area (Å²) in [7, 11) is 0. The summed E-state index contributed by atoms with van der Waals surface area (Å²) in [6.07, 6.45) is 3.69. The zero-order chi connectivity index (χ0) is 12.7. The van der Waals surface area contributed by atoms with Gasteiger partial charge in [-0.2, -0.15) is 0 Å². The van der Waals surface area contributed by atoms with Crippen molar-refractivity contribution >= 4 is 0 Å². The van der Waals surface area contributed by atoms with Gasteiger partial charge in [0.1, 0.15) is 5.75 Å². The highest BCUT2D eigenvalue weighted by molar-refractivity contribution is 5.29. The number of rotatable bonds is 7. The fraction of sp³-hybridized carbons (Fsp3) is 0.600. The molecule has 1 aromatic carbocycles. The van der Waals surface area contributed by atoms with E-state index in [1.54, 1.807) is 0 Å². The van der Waals surface area contributed by atoms with Crippen molar-refractivity contribution in [1.29, 1.82) is 0 Å². The topological polar surface area (TPSA) is 35.2 Å². The van der Waals surface area contributed by atoms with Crippen molar-refractivity contribution in [2.45, 2.75) is 52.1 Å². The average molecular weight is 235 g/mol. The lowest BCUT2D eigenvalue weighted by Crippen LogP contribution is -2.06. The Labute approximate surface area is 105 Å². The van der Waals surface area contributed by atoms with E-state index in [4.69, 9.17) is 10.5 Å². The quantitative estimate of drug-likeness (QED) is 0.782. The van der Waals surface area contributed by atoms with Gasteiger partial charge in [-0.25, -0.2) is 0 Å². The summed E-state index contributed by atoms with van der Waals surface area (Å²) in [6, 6.07) is 8.51. The molecule has 0 saturated carbocycles. The lowest BCUT2D eigenvalue weighted by Gasteiger charge is -2.16. The molecule has 0 heterocycles. The Balaban J connectivity index is 2.64. The van der Waals surface area contributed by atoms with Crippen molar-refractivity contribution in [2.24, 2.45) is 5.73 Å². The van der Waals surface area contributed by atoms with Crippen LogP contribution in [-0.4, -0.2) is 12.6 Å². The van der Waals surface area contributed by atoms with Gasteiger partial charge in [-0.15, -0.1) is 0 Å². The maximum atomic E-state index is 5.64. The molecule has 0 aromatic heterocycles. The predicted molar refractivity (Wildman–Crippen MR) is 73.5 cm³/mol. The molecule has 17 heavy (non-hydrogen) atoms. The molecule has 0 radical (unpaired) electrons. The molecular weight excluding hydrogens is 210 g/mol. The van der Waals surface area contributed by atoms with Gasteiger partial charge in [-0.3, -0.25) is 0 Å². The first-order valence-electron chi connectivity index (χ1n) is 6.64. The van der Waals surface area contributed by atoms with Crippen LogP contribution in [0.4, 0.5) is 0 Å². The zero-order valence-electron chi connectivity index (χ0n) is 11.3. The van der Waals surface area contributed by atoms with Gasteiger partial charge in [-0.1, -0.05) is 19.1 Å². The predicted octanol–water partition coefficient (Wildman–Crippen LogP) is 3.71. The Morgan fingerprint density at radius 3 is 2.29 bits per heavy atom. The Morgan fingerprint density at radius 1 is 1.18 bits per heavy atom. The van der Waals surface area contributed by atoms with Gasteiger partial charge in [0, 0.05) is 0 Å². The molecule has 2 heteroatoms. The summed E-state index contributed by atoms with van der Waals surface area (Å²) in [6.45, 7) is 7.11. The van der Waals surface area contributed by atoms with E-state index in [1.807, 2.05) is 13.8 Å². The van der Waals surface area contributed by atoms with E-state index in [-0.39, 0.29) is 6.10 Å². The van der Waals surface area contributed by atoms with E-state index < -0.39 is 0 Å². The third kappa shape index (κ3) is 4.78. The van der Waals surface area contributed by atoms with Crippen LogP contribution in [0.15, 0.2) is 24.3 Å². The van der Waals surface area contributed by atoms with Gasteiger partial charge in [0.15, 0.2) is 0 Å². The normalized spacial score (nSPS) is 12.8. The number of nitrogens with two attached hydrogens (primary N) is 1.